The van der Waals surface area contributed by atoms with Crippen LogP contribution in [0.1, 0.15) is 77.6 Å². The van der Waals surface area contributed by atoms with Gasteiger partial charge < -0.3 is 9.38 Å². The van der Waals surface area contributed by atoms with Crippen LogP contribution in [0.5, 0.6) is 0 Å². The van der Waals surface area contributed by atoms with Crippen LogP contribution in [-0.2, 0) is 16.2 Å². The molecule has 216 valence electrons. The van der Waals surface area contributed by atoms with Crippen molar-refractivity contribution < 1.29 is 0 Å². The van der Waals surface area contributed by atoms with Gasteiger partial charge in [-0.25, -0.2) is 0 Å². The van der Waals surface area contributed by atoms with Gasteiger partial charge in [-0.15, -0.1) is 0 Å². The van der Waals surface area contributed by atoms with Crippen molar-refractivity contribution in [2.75, 3.05) is 4.90 Å². The molecule has 1 aromatic heterocycles. The Bertz CT molecular complexity index is 2220. The lowest BCUT2D eigenvalue weighted by molar-refractivity contribution is 0.590. The van der Waals surface area contributed by atoms with Crippen molar-refractivity contribution in [3.8, 4) is 11.1 Å². The molecule has 3 heteroatoms. The predicted octanol–water partition coefficient (Wildman–Crippen LogP) is 9.45. The quantitative estimate of drug-likeness (QED) is 0.179. The molecule has 0 radical (unpaired) electrons. The average molecular weight is 571 g/mol. The fourth-order valence-corrected chi connectivity index (χ4v) is 8.53. The van der Waals surface area contributed by atoms with Crippen molar-refractivity contribution >= 4 is 56.6 Å². The van der Waals surface area contributed by atoms with E-state index in [2.05, 4.69) is 156 Å². The van der Waals surface area contributed by atoms with Crippen LogP contribution in [-0.4, -0.2) is 11.3 Å². The molecule has 3 heterocycles. The first kappa shape index (κ1) is 26.2. The van der Waals surface area contributed by atoms with Crippen LogP contribution >= 0.6 is 0 Å². The van der Waals surface area contributed by atoms with Gasteiger partial charge in [-0.1, -0.05) is 116 Å². The van der Waals surface area contributed by atoms with Crippen molar-refractivity contribution in [3.63, 3.8) is 0 Å². The third-order valence-corrected chi connectivity index (χ3v) is 10.9. The summed E-state index contributed by atoms with van der Waals surface area (Å²) in [5.41, 5.74) is 18.0. The Hall–Kier alpha value is -4.24. The Labute approximate surface area is 261 Å². The van der Waals surface area contributed by atoms with E-state index in [1.165, 1.54) is 83.2 Å². The molecule has 2 nitrogen and oxygen atoms in total. The molecule has 0 fully saturated rings. The van der Waals surface area contributed by atoms with Gasteiger partial charge in [-0.2, -0.15) is 0 Å². The van der Waals surface area contributed by atoms with E-state index in [0.717, 1.165) is 0 Å². The highest BCUT2D eigenvalue weighted by Crippen LogP contribution is 2.56. The highest BCUT2D eigenvalue weighted by atomic mass is 15.2. The predicted molar refractivity (Wildman–Crippen MR) is 190 cm³/mol. The first-order valence-electron chi connectivity index (χ1n) is 16.2. The second-order valence-corrected chi connectivity index (χ2v) is 15.9. The van der Waals surface area contributed by atoms with Gasteiger partial charge in [-0.05, 0) is 79.9 Å². The van der Waals surface area contributed by atoms with Gasteiger partial charge in [0.25, 0.3) is 0 Å². The minimum Gasteiger partial charge on any atom is -0.375 e. The van der Waals surface area contributed by atoms with Crippen LogP contribution in [0.25, 0.3) is 32.9 Å². The van der Waals surface area contributed by atoms with Crippen molar-refractivity contribution in [1.82, 2.24) is 4.48 Å². The summed E-state index contributed by atoms with van der Waals surface area (Å²) >= 11 is 0. The van der Waals surface area contributed by atoms with Crippen LogP contribution in [0, 0.1) is 0 Å². The van der Waals surface area contributed by atoms with Gasteiger partial charge in [0.05, 0.1) is 0 Å². The lowest BCUT2D eigenvalue weighted by Gasteiger charge is -2.41. The molecule has 0 N–H and O–H groups in total. The summed E-state index contributed by atoms with van der Waals surface area (Å²) in [6.07, 6.45) is 0. The molecule has 1 aliphatic carbocycles. The third-order valence-electron chi connectivity index (χ3n) is 10.9. The molecular weight excluding hydrogens is 531 g/mol. The average Bonchev–Trinajstić information content (AvgIpc) is 3.44. The number of anilines is 3. The molecular formula is C41H39BN2. The fourth-order valence-electron chi connectivity index (χ4n) is 8.53. The maximum absolute atomic E-state index is 2.70. The summed E-state index contributed by atoms with van der Waals surface area (Å²) in [6, 6.07) is 35.3. The number of nitrogens with zero attached hydrogens (tertiary/aromatic N) is 2. The Morgan fingerprint density at radius 1 is 0.614 bits per heavy atom. The molecule has 5 aromatic carbocycles. The maximum atomic E-state index is 2.70. The molecule has 6 aromatic rings. The zero-order valence-corrected chi connectivity index (χ0v) is 27.1. The van der Waals surface area contributed by atoms with Crippen LogP contribution < -0.4 is 15.8 Å². The van der Waals surface area contributed by atoms with Crippen LogP contribution in [0.4, 0.5) is 17.1 Å². The number of benzene rings is 5. The van der Waals surface area contributed by atoms with Crippen LogP contribution in [0.3, 0.4) is 0 Å². The van der Waals surface area contributed by atoms with Gasteiger partial charge in [0, 0.05) is 49.8 Å². The molecule has 0 saturated heterocycles. The molecule has 3 aliphatic rings. The number of aromatic nitrogens is 1. The second-order valence-electron chi connectivity index (χ2n) is 15.9. The van der Waals surface area contributed by atoms with E-state index in [4.69, 9.17) is 0 Å². The maximum Gasteiger partial charge on any atom is 0.333 e. The number of rotatable bonds is 1. The first-order chi connectivity index (χ1) is 20.9. The minimum absolute atomic E-state index is 0.0446. The largest absolute Gasteiger partial charge is 0.375 e. The lowest BCUT2D eigenvalue weighted by atomic mass is 9.44. The summed E-state index contributed by atoms with van der Waals surface area (Å²) < 4.78 is 2.70. The van der Waals surface area contributed by atoms with Gasteiger partial charge in [0.2, 0.25) is 0 Å². The lowest BCUT2D eigenvalue weighted by Crippen LogP contribution is -2.57. The van der Waals surface area contributed by atoms with E-state index < -0.39 is 0 Å². The van der Waals surface area contributed by atoms with E-state index in [-0.39, 0.29) is 23.1 Å². The standard InChI is InChI=1S/C41H39BN2/c1-39(2,3)24-13-16-26(17-14-24)43-33-21-15-25(40(4,5)6)23-31(33)42-37-34(43)22-20-29-35(37)36-30(41(29,7)8)19-18-28-27-11-9-10-12-32(27)44(42)38(28)36/h9-23H,1-8H3. The van der Waals surface area contributed by atoms with E-state index in [0.29, 0.717) is 0 Å². The van der Waals surface area contributed by atoms with E-state index in [1.807, 2.05) is 0 Å². The Balaban J connectivity index is 1.45. The Morgan fingerprint density at radius 2 is 1.25 bits per heavy atom. The summed E-state index contributed by atoms with van der Waals surface area (Å²) in [6.45, 7) is 18.8. The van der Waals surface area contributed by atoms with Gasteiger partial charge >= 0.3 is 6.85 Å². The van der Waals surface area contributed by atoms with E-state index >= 15 is 0 Å². The summed E-state index contributed by atoms with van der Waals surface area (Å²) in [5, 5.41) is 2.72. The molecule has 9 rings (SSSR count). The van der Waals surface area contributed by atoms with Crippen LogP contribution in [0.2, 0.25) is 0 Å². The Morgan fingerprint density at radius 3 is 1.98 bits per heavy atom. The SMILES string of the molecule is CC(C)(C)c1ccc(N2c3ccc(C(C)(C)C)cc3B3c4c2ccc2c4-c4c(ccc5c6ccccc6n3c45)C2(C)C)cc1. The molecule has 44 heavy (non-hydrogen) atoms. The highest BCUT2D eigenvalue weighted by Gasteiger charge is 2.49. The summed E-state index contributed by atoms with van der Waals surface area (Å²) in [7, 11) is 0. The van der Waals surface area contributed by atoms with Crippen molar-refractivity contribution in [2.24, 2.45) is 0 Å². The molecule has 0 atom stereocenters. The number of hydrogen-bond acceptors (Lipinski definition) is 1. The highest BCUT2D eigenvalue weighted by molar-refractivity contribution is 6.90. The number of fused-ring (bicyclic) bond motifs is 6. The van der Waals surface area contributed by atoms with Crippen molar-refractivity contribution in [2.45, 2.75) is 71.6 Å². The molecule has 0 unspecified atom stereocenters. The zero-order chi connectivity index (χ0) is 30.5. The minimum atomic E-state index is -0.0587. The fraction of sp³-hybridized carbons (Fsp3) is 0.268. The third kappa shape index (κ3) is 3.13. The van der Waals surface area contributed by atoms with E-state index in [1.54, 1.807) is 0 Å². The number of hydrogen-bond donors (Lipinski definition) is 0. The van der Waals surface area contributed by atoms with Gasteiger partial charge in [-0.3, -0.25) is 0 Å². The van der Waals surface area contributed by atoms with Gasteiger partial charge in [0.15, 0.2) is 0 Å². The van der Waals surface area contributed by atoms with Crippen molar-refractivity contribution in [3.05, 3.63) is 113 Å². The molecule has 2 aliphatic heterocycles. The summed E-state index contributed by atoms with van der Waals surface area (Å²) in [5.74, 6) is 0. The molecule has 0 bridgehead atoms. The number of para-hydroxylation sites is 1. The first-order valence-corrected chi connectivity index (χ1v) is 16.2. The summed E-state index contributed by atoms with van der Waals surface area (Å²) in [4.78, 5) is 2.54. The monoisotopic (exact) mass is 570 g/mol. The second kappa shape index (κ2) is 8.07. The van der Waals surface area contributed by atoms with Crippen LogP contribution in [0.15, 0.2) is 91.0 Å². The zero-order valence-electron chi connectivity index (χ0n) is 27.1. The molecule has 0 amide bonds. The topological polar surface area (TPSA) is 8.17 Å². The normalized spacial score (nSPS) is 15.8. The van der Waals surface area contributed by atoms with E-state index in [9.17, 15) is 0 Å². The Kier molecular flexibility index (Phi) is 4.80. The smallest absolute Gasteiger partial charge is 0.333 e. The van der Waals surface area contributed by atoms with Gasteiger partial charge in [0.1, 0.15) is 0 Å². The molecule has 0 spiro atoms. The van der Waals surface area contributed by atoms with Crippen molar-refractivity contribution in [1.29, 1.82) is 0 Å². The molecule has 0 saturated carbocycles.